The molecular formula is C13H18NO3. The molecule has 0 spiro atoms. The van der Waals surface area contributed by atoms with Gasteiger partial charge in [-0.25, -0.2) is 0 Å². The molecule has 0 bridgehead atoms. The van der Waals surface area contributed by atoms with E-state index in [9.17, 15) is 4.79 Å². The largest absolute Gasteiger partial charge is 0.493 e. The Hall–Kier alpha value is -1.71. The average Bonchev–Trinajstić information content (AvgIpc) is 2.38. The lowest BCUT2D eigenvalue weighted by Gasteiger charge is -2.09. The summed E-state index contributed by atoms with van der Waals surface area (Å²) in [5.74, 6) is 1.05. The van der Waals surface area contributed by atoms with Crippen LogP contribution in [0.2, 0.25) is 0 Å². The zero-order valence-corrected chi connectivity index (χ0v) is 10.3. The number of amides is 1. The van der Waals surface area contributed by atoms with Crippen LogP contribution in [-0.2, 0) is 0 Å². The van der Waals surface area contributed by atoms with Gasteiger partial charge in [-0.1, -0.05) is 13.3 Å². The molecule has 1 aromatic rings. The highest BCUT2D eigenvalue weighted by Crippen LogP contribution is 2.27. The molecule has 1 amide bonds. The normalized spacial score (nSPS) is 9.82. The molecule has 0 aliphatic carbocycles. The Morgan fingerprint density at radius 2 is 2.00 bits per heavy atom. The number of unbranched alkanes of at least 4 members (excludes halogenated alkanes) is 1. The molecule has 1 radical (unpaired) electrons. The third kappa shape index (κ3) is 3.66. The summed E-state index contributed by atoms with van der Waals surface area (Å²) in [5, 5.41) is 2.81. The van der Waals surface area contributed by atoms with Crippen molar-refractivity contribution in [2.24, 2.45) is 0 Å². The van der Waals surface area contributed by atoms with Crippen molar-refractivity contribution in [1.82, 2.24) is 5.32 Å². The van der Waals surface area contributed by atoms with E-state index in [4.69, 9.17) is 9.47 Å². The minimum Gasteiger partial charge on any atom is -0.493 e. The van der Waals surface area contributed by atoms with Gasteiger partial charge in [-0.3, -0.25) is 4.79 Å². The number of ether oxygens (including phenoxy) is 2. The van der Waals surface area contributed by atoms with Gasteiger partial charge in [0.05, 0.1) is 14.2 Å². The van der Waals surface area contributed by atoms with Crippen molar-refractivity contribution in [2.45, 2.75) is 12.8 Å². The molecule has 0 heterocycles. The Morgan fingerprint density at radius 3 is 2.59 bits per heavy atom. The van der Waals surface area contributed by atoms with Crippen LogP contribution in [0.25, 0.3) is 0 Å². The maximum absolute atomic E-state index is 11.8. The predicted molar refractivity (Wildman–Crippen MR) is 66.5 cm³/mol. The van der Waals surface area contributed by atoms with Crippen LogP contribution in [-0.4, -0.2) is 26.7 Å². The maximum atomic E-state index is 11.8. The van der Waals surface area contributed by atoms with E-state index in [-0.39, 0.29) is 5.91 Å². The van der Waals surface area contributed by atoms with E-state index in [0.717, 1.165) is 12.8 Å². The monoisotopic (exact) mass is 236 g/mol. The van der Waals surface area contributed by atoms with Crippen molar-refractivity contribution in [3.05, 3.63) is 30.7 Å². The quantitative estimate of drug-likeness (QED) is 0.769. The number of hydrogen-bond acceptors (Lipinski definition) is 3. The number of carbonyl (C=O) groups excluding carboxylic acids is 1. The molecule has 0 aliphatic heterocycles. The van der Waals surface area contributed by atoms with Crippen LogP contribution in [0.4, 0.5) is 0 Å². The van der Waals surface area contributed by atoms with Crippen LogP contribution < -0.4 is 14.8 Å². The van der Waals surface area contributed by atoms with Crippen LogP contribution in [0.1, 0.15) is 23.2 Å². The van der Waals surface area contributed by atoms with E-state index < -0.39 is 0 Å². The zero-order valence-electron chi connectivity index (χ0n) is 10.3. The van der Waals surface area contributed by atoms with Crippen molar-refractivity contribution >= 4 is 5.91 Å². The Bertz CT molecular complexity index is 377. The Balaban J connectivity index is 2.74. The summed E-state index contributed by atoms with van der Waals surface area (Å²) in [6.45, 7) is 4.35. The smallest absolute Gasteiger partial charge is 0.251 e. The summed E-state index contributed by atoms with van der Waals surface area (Å²) in [4.78, 5) is 11.8. The Labute approximate surface area is 102 Å². The molecule has 4 nitrogen and oxygen atoms in total. The molecular weight excluding hydrogens is 218 g/mol. The minimum atomic E-state index is -0.112. The van der Waals surface area contributed by atoms with E-state index in [1.807, 2.05) is 0 Å². The van der Waals surface area contributed by atoms with Gasteiger partial charge in [0.2, 0.25) is 0 Å². The van der Waals surface area contributed by atoms with Crippen LogP contribution >= 0.6 is 0 Å². The molecule has 0 aliphatic rings. The highest BCUT2D eigenvalue weighted by Gasteiger charge is 2.09. The highest BCUT2D eigenvalue weighted by molar-refractivity contribution is 5.94. The van der Waals surface area contributed by atoms with Crippen molar-refractivity contribution in [2.75, 3.05) is 20.8 Å². The molecule has 0 unspecified atom stereocenters. The van der Waals surface area contributed by atoms with Crippen molar-refractivity contribution in [3.8, 4) is 11.5 Å². The van der Waals surface area contributed by atoms with E-state index in [2.05, 4.69) is 12.2 Å². The van der Waals surface area contributed by atoms with E-state index >= 15 is 0 Å². The van der Waals surface area contributed by atoms with Crippen LogP contribution in [0.15, 0.2) is 18.2 Å². The molecule has 17 heavy (non-hydrogen) atoms. The fraction of sp³-hybridized carbons (Fsp3) is 0.385. The second-order valence-electron chi connectivity index (χ2n) is 3.53. The summed E-state index contributed by atoms with van der Waals surface area (Å²) in [7, 11) is 3.11. The Morgan fingerprint density at radius 1 is 1.29 bits per heavy atom. The summed E-state index contributed by atoms with van der Waals surface area (Å²) >= 11 is 0. The van der Waals surface area contributed by atoms with Crippen LogP contribution in [0.5, 0.6) is 11.5 Å². The van der Waals surface area contributed by atoms with Crippen LogP contribution in [0.3, 0.4) is 0 Å². The first-order valence-corrected chi connectivity index (χ1v) is 5.52. The number of rotatable bonds is 6. The number of benzene rings is 1. The van der Waals surface area contributed by atoms with Crippen LogP contribution in [0, 0.1) is 6.92 Å². The van der Waals surface area contributed by atoms with Gasteiger partial charge < -0.3 is 14.8 Å². The molecule has 0 saturated heterocycles. The van der Waals surface area contributed by atoms with E-state index in [1.54, 1.807) is 32.4 Å². The lowest BCUT2D eigenvalue weighted by atomic mass is 10.2. The first-order valence-electron chi connectivity index (χ1n) is 5.52. The zero-order chi connectivity index (χ0) is 12.7. The maximum Gasteiger partial charge on any atom is 0.251 e. The van der Waals surface area contributed by atoms with Gasteiger partial charge in [-0.15, -0.1) is 0 Å². The minimum absolute atomic E-state index is 0.112. The third-order valence-corrected chi connectivity index (χ3v) is 2.36. The van der Waals surface area contributed by atoms with Gasteiger partial charge >= 0.3 is 0 Å². The van der Waals surface area contributed by atoms with E-state index in [0.29, 0.717) is 23.6 Å². The number of methoxy groups -OCH3 is 2. The van der Waals surface area contributed by atoms with Gasteiger partial charge in [0.1, 0.15) is 0 Å². The summed E-state index contributed by atoms with van der Waals surface area (Å²) in [6.07, 6.45) is 1.69. The second kappa shape index (κ2) is 6.78. The number of carbonyl (C=O) groups is 1. The standard InChI is InChI=1S/C13H18NO3/c1-4-5-8-14-13(15)10-6-7-11(16-2)12(9-10)17-3/h6-7,9H,1,4-5,8H2,2-3H3,(H,14,15). The summed E-state index contributed by atoms with van der Waals surface area (Å²) < 4.78 is 10.2. The van der Waals surface area contributed by atoms with Crippen molar-refractivity contribution in [1.29, 1.82) is 0 Å². The average molecular weight is 236 g/mol. The predicted octanol–water partition coefficient (Wildman–Crippen LogP) is 2.05. The third-order valence-electron chi connectivity index (χ3n) is 2.36. The van der Waals surface area contributed by atoms with Gasteiger partial charge in [0, 0.05) is 12.1 Å². The lowest BCUT2D eigenvalue weighted by Crippen LogP contribution is -2.24. The summed E-state index contributed by atoms with van der Waals surface area (Å²) in [6, 6.07) is 5.09. The van der Waals surface area contributed by atoms with Gasteiger partial charge in [-0.05, 0) is 24.6 Å². The molecule has 93 valence electrons. The molecule has 0 fully saturated rings. The Kier molecular flexibility index (Phi) is 5.33. The fourth-order valence-corrected chi connectivity index (χ4v) is 1.41. The van der Waals surface area contributed by atoms with Crippen molar-refractivity contribution < 1.29 is 14.3 Å². The molecule has 1 aromatic carbocycles. The topological polar surface area (TPSA) is 47.6 Å². The van der Waals surface area contributed by atoms with Crippen molar-refractivity contribution in [3.63, 3.8) is 0 Å². The molecule has 0 saturated carbocycles. The van der Waals surface area contributed by atoms with Gasteiger partial charge in [0.25, 0.3) is 5.91 Å². The molecule has 1 rings (SSSR count). The number of hydrogen-bond donors (Lipinski definition) is 1. The second-order valence-corrected chi connectivity index (χ2v) is 3.53. The fourth-order valence-electron chi connectivity index (χ4n) is 1.41. The SMILES string of the molecule is [CH2]CCCNC(=O)c1ccc(OC)c(OC)c1. The van der Waals surface area contributed by atoms with Gasteiger partial charge in [-0.2, -0.15) is 0 Å². The van der Waals surface area contributed by atoms with E-state index in [1.165, 1.54) is 0 Å². The molecule has 0 atom stereocenters. The molecule has 1 N–H and O–H groups in total. The first kappa shape index (κ1) is 13.4. The summed E-state index contributed by atoms with van der Waals surface area (Å²) in [5.41, 5.74) is 0.562. The van der Waals surface area contributed by atoms with Gasteiger partial charge in [0.15, 0.2) is 11.5 Å². The number of nitrogens with one attached hydrogen (secondary N) is 1. The molecule has 4 heteroatoms. The first-order chi connectivity index (χ1) is 8.22. The highest BCUT2D eigenvalue weighted by atomic mass is 16.5. The molecule has 0 aromatic heterocycles. The lowest BCUT2D eigenvalue weighted by molar-refractivity contribution is 0.0953.